The van der Waals surface area contributed by atoms with Crippen molar-refractivity contribution in [1.29, 1.82) is 0 Å². The second kappa shape index (κ2) is 9.27. The first kappa shape index (κ1) is 18.3. The van der Waals surface area contributed by atoms with Gasteiger partial charge in [-0.1, -0.05) is 18.2 Å². The molecular weight excluding hydrogens is 302 g/mol. The highest BCUT2D eigenvalue weighted by Gasteiger charge is 2.30. The van der Waals surface area contributed by atoms with Gasteiger partial charge in [0.15, 0.2) is 5.96 Å². The molecule has 0 radical (unpaired) electrons. The first-order valence-corrected chi connectivity index (χ1v) is 8.65. The summed E-state index contributed by atoms with van der Waals surface area (Å²) in [5, 5.41) is 6.66. The minimum Gasteiger partial charge on any atom is -0.357 e. The number of para-hydroxylation sites is 1. The summed E-state index contributed by atoms with van der Waals surface area (Å²) >= 11 is 0. The Kier molecular flexibility index (Phi) is 7.06. The molecule has 1 heterocycles. The summed E-state index contributed by atoms with van der Waals surface area (Å²) in [6, 6.07) is 9.91. The molecule has 2 N–H and O–H groups in total. The van der Waals surface area contributed by atoms with E-state index in [-0.39, 0.29) is 11.9 Å². The molecule has 1 amide bonds. The van der Waals surface area contributed by atoms with Gasteiger partial charge in [0, 0.05) is 31.7 Å². The van der Waals surface area contributed by atoms with Crippen LogP contribution in [0.15, 0.2) is 35.3 Å². The normalized spacial score (nSPS) is 18.3. The van der Waals surface area contributed by atoms with Crippen LogP contribution in [-0.2, 0) is 4.79 Å². The molecule has 6 heteroatoms. The molecule has 0 bridgehead atoms. The zero-order chi connectivity index (χ0) is 17.4. The molecule has 1 fully saturated rings. The summed E-state index contributed by atoms with van der Waals surface area (Å²) < 4.78 is 0. The van der Waals surface area contributed by atoms with Crippen molar-refractivity contribution < 1.29 is 4.79 Å². The molecule has 6 nitrogen and oxygen atoms in total. The third-order valence-electron chi connectivity index (χ3n) is 3.91. The van der Waals surface area contributed by atoms with Gasteiger partial charge in [0.2, 0.25) is 5.91 Å². The summed E-state index contributed by atoms with van der Waals surface area (Å²) in [4.78, 5) is 20.9. The number of carbonyl (C=O) groups excluding carboxylic acids is 1. The molecule has 0 aliphatic carbocycles. The number of benzene rings is 1. The summed E-state index contributed by atoms with van der Waals surface area (Å²) in [5.74, 6) is 0.950. The number of nitrogens with one attached hydrogen (secondary N) is 2. The van der Waals surface area contributed by atoms with Crippen LogP contribution in [0.1, 0.15) is 19.8 Å². The van der Waals surface area contributed by atoms with E-state index in [9.17, 15) is 4.79 Å². The second-order valence-corrected chi connectivity index (χ2v) is 6.30. The largest absolute Gasteiger partial charge is 0.357 e. The standard InChI is InChI=1S/C18H29N5O/c1-4-19-18(20-11-8-12-22(2)3)21-15-13-17(24)23(14-15)16-9-6-5-7-10-16/h5-7,9-10,15H,4,8,11-14H2,1-3H3,(H2,19,20,21). The molecule has 1 aromatic carbocycles. The Morgan fingerprint density at radius 2 is 2.08 bits per heavy atom. The van der Waals surface area contributed by atoms with E-state index >= 15 is 0 Å². The highest BCUT2D eigenvalue weighted by Crippen LogP contribution is 2.20. The minimum absolute atomic E-state index is 0.0874. The predicted molar refractivity (Wildman–Crippen MR) is 99.5 cm³/mol. The highest BCUT2D eigenvalue weighted by molar-refractivity contribution is 5.97. The number of hydrogen-bond donors (Lipinski definition) is 2. The quantitative estimate of drug-likeness (QED) is 0.449. The number of anilines is 1. The molecule has 24 heavy (non-hydrogen) atoms. The van der Waals surface area contributed by atoms with Crippen molar-refractivity contribution in [3.05, 3.63) is 30.3 Å². The van der Waals surface area contributed by atoms with Gasteiger partial charge in [-0.15, -0.1) is 0 Å². The highest BCUT2D eigenvalue weighted by atomic mass is 16.2. The molecule has 1 unspecified atom stereocenters. The number of nitrogens with zero attached hydrogens (tertiary/aromatic N) is 3. The van der Waals surface area contributed by atoms with E-state index in [4.69, 9.17) is 0 Å². The first-order valence-electron chi connectivity index (χ1n) is 8.65. The van der Waals surface area contributed by atoms with Crippen LogP contribution in [0.4, 0.5) is 5.69 Å². The van der Waals surface area contributed by atoms with E-state index in [1.165, 1.54) is 0 Å². The molecule has 1 aromatic rings. The SMILES string of the molecule is CCNC(=NCCCN(C)C)NC1CC(=O)N(c2ccccc2)C1. The van der Waals surface area contributed by atoms with Gasteiger partial charge in [-0.3, -0.25) is 9.79 Å². The van der Waals surface area contributed by atoms with Gasteiger partial charge in [0.1, 0.15) is 0 Å². The zero-order valence-corrected chi connectivity index (χ0v) is 15.0. The number of aliphatic imine (C=N–C) groups is 1. The first-order chi connectivity index (χ1) is 11.6. The van der Waals surface area contributed by atoms with E-state index in [1.54, 1.807) is 0 Å². The molecule has 1 atom stereocenters. The van der Waals surface area contributed by atoms with Crippen LogP contribution in [0.5, 0.6) is 0 Å². The van der Waals surface area contributed by atoms with Crippen molar-refractivity contribution in [3.63, 3.8) is 0 Å². The van der Waals surface area contributed by atoms with Gasteiger partial charge in [-0.2, -0.15) is 0 Å². The number of guanidine groups is 1. The van der Waals surface area contributed by atoms with E-state index in [0.29, 0.717) is 13.0 Å². The van der Waals surface area contributed by atoms with Crippen molar-refractivity contribution in [2.45, 2.75) is 25.8 Å². The van der Waals surface area contributed by atoms with E-state index < -0.39 is 0 Å². The third kappa shape index (κ3) is 5.53. The van der Waals surface area contributed by atoms with Crippen LogP contribution in [0.25, 0.3) is 0 Å². The van der Waals surface area contributed by atoms with Gasteiger partial charge < -0.3 is 20.4 Å². The fourth-order valence-corrected chi connectivity index (χ4v) is 2.75. The van der Waals surface area contributed by atoms with Gasteiger partial charge in [-0.05, 0) is 46.1 Å². The lowest BCUT2D eigenvalue weighted by atomic mass is 10.2. The zero-order valence-electron chi connectivity index (χ0n) is 15.0. The fourth-order valence-electron chi connectivity index (χ4n) is 2.75. The Balaban J connectivity index is 1.90. The van der Waals surface area contributed by atoms with Crippen molar-refractivity contribution in [3.8, 4) is 0 Å². The van der Waals surface area contributed by atoms with Crippen molar-refractivity contribution in [1.82, 2.24) is 15.5 Å². The summed E-state index contributed by atoms with van der Waals surface area (Å²) in [5.41, 5.74) is 0.958. The Bertz CT molecular complexity index is 544. The average Bonchev–Trinajstić information content (AvgIpc) is 2.93. The Labute approximate surface area is 144 Å². The summed E-state index contributed by atoms with van der Waals surface area (Å²) in [6.45, 7) is 5.32. The van der Waals surface area contributed by atoms with E-state index in [0.717, 1.165) is 37.7 Å². The average molecular weight is 331 g/mol. The Morgan fingerprint density at radius 3 is 2.75 bits per heavy atom. The molecule has 2 rings (SSSR count). The fraction of sp³-hybridized carbons (Fsp3) is 0.556. The smallest absolute Gasteiger partial charge is 0.229 e. The number of hydrogen-bond acceptors (Lipinski definition) is 3. The molecule has 1 aliphatic heterocycles. The van der Waals surface area contributed by atoms with Crippen LogP contribution in [0.2, 0.25) is 0 Å². The van der Waals surface area contributed by atoms with Gasteiger partial charge in [0.25, 0.3) is 0 Å². The predicted octanol–water partition coefficient (Wildman–Crippen LogP) is 1.30. The lowest BCUT2D eigenvalue weighted by Crippen LogP contribution is -2.44. The summed E-state index contributed by atoms with van der Waals surface area (Å²) in [7, 11) is 4.13. The van der Waals surface area contributed by atoms with Gasteiger partial charge in [-0.25, -0.2) is 0 Å². The topological polar surface area (TPSA) is 60.0 Å². The van der Waals surface area contributed by atoms with Crippen LogP contribution >= 0.6 is 0 Å². The van der Waals surface area contributed by atoms with E-state index in [2.05, 4.69) is 34.6 Å². The van der Waals surface area contributed by atoms with E-state index in [1.807, 2.05) is 42.2 Å². The van der Waals surface area contributed by atoms with Crippen molar-refractivity contribution in [2.75, 3.05) is 45.2 Å². The third-order valence-corrected chi connectivity index (χ3v) is 3.91. The monoisotopic (exact) mass is 331 g/mol. The lowest BCUT2D eigenvalue weighted by Gasteiger charge is -2.19. The second-order valence-electron chi connectivity index (χ2n) is 6.30. The minimum atomic E-state index is 0.0874. The van der Waals surface area contributed by atoms with Crippen molar-refractivity contribution >= 4 is 17.6 Å². The van der Waals surface area contributed by atoms with Crippen LogP contribution in [-0.4, -0.2) is 63.1 Å². The van der Waals surface area contributed by atoms with Crippen LogP contribution in [0, 0.1) is 0 Å². The Morgan fingerprint density at radius 1 is 1.33 bits per heavy atom. The van der Waals surface area contributed by atoms with Gasteiger partial charge in [0.05, 0.1) is 6.04 Å². The molecule has 0 saturated carbocycles. The molecule has 1 saturated heterocycles. The number of amides is 1. The molecular formula is C18H29N5O. The Hall–Kier alpha value is -2.08. The molecule has 132 valence electrons. The van der Waals surface area contributed by atoms with Gasteiger partial charge >= 0.3 is 0 Å². The number of carbonyl (C=O) groups is 1. The molecule has 0 spiro atoms. The molecule has 1 aliphatic rings. The van der Waals surface area contributed by atoms with Crippen LogP contribution in [0.3, 0.4) is 0 Å². The lowest BCUT2D eigenvalue weighted by molar-refractivity contribution is -0.117. The maximum Gasteiger partial charge on any atom is 0.229 e. The maximum atomic E-state index is 12.3. The van der Waals surface area contributed by atoms with Crippen LogP contribution < -0.4 is 15.5 Å². The van der Waals surface area contributed by atoms with Crippen molar-refractivity contribution in [2.24, 2.45) is 4.99 Å². The summed E-state index contributed by atoms with van der Waals surface area (Å²) in [6.07, 6.45) is 1.51. The number of rotatable bonds is 7. The molecule has 0 aromatic heterocycles. The maximum absolute atomic E-state index is 12.3.